The first-order valence-electron chi connectivity index (χ1n) is 6.84. The van der Waals surface area contributed by atoms with Gasteiger partial charge in [0.25, 0.3) is 5.91 Å². The molecule has 0 spiro atoms. The van der Waals surface area contributed by atoms with Crippen molar-refractivity contribution in [3.8, 4) is 11.5 Å². The van der Waals surface area contributed by atoms with Crippen molar-refractivity contribution in [2.24, 2.45) is 0 Å². The molecule has 2 rings (SSSR count). The Hall–Kier alpha value is -2.08. The summed E-state index contributed by atoms with van der Waals surface area (Å²) in [6.45, 7) is 6.25. The van der Waals surface area contributed by atoms with Crippen LogP contribution in [0.25, 0.3) is 0 Å². The van der Waals surface area contributed by atoms with Gasteiger partial charge >= 0.3 is 0 Å². The van der Waals surface area contributed by atoms with E-state index < -0.39 is 0 Å². The van der Waals surface area contributed by atoms with Crippen LogP contribution in [0, 0.1) is 0 Å². The van der Waals surface area contributed by atoms with Gasteiger partial charge in [-0.15, -0.1) is 11.3 Å². The molecule has 0 fully saturated rings. The zero-order chi connectivity index (χ0) is 16.3. The zero-order valence-corrected chi connectivity index (χ0v) is 14.2. The number of aromatic nitrogens is 1. The van der Waals surface area contributed by atoms with E-state index in [1.54, 1.807) is 25.3 Å². The molecule has 0 atom stereocenters. The molecular formula is C16H20N2O3S. The van der Waals surface area contributed by atoms with Crippen molar-refractivity contribution in [3.05, 3.63) is 34.8 Å². The Morgan fingerprint density at radius 3 is 2.50 bits per heavy atom. The van der Waals surface area contributed by atoms with Crippen LogP contribution in [0.5, 0.6) is 11.5 Å². The second-order valence-corrected chi connectivity index (χ2v) is 6.67. The third-order valence-electron chi connectivity index (χ3n) is 3.14. The SMILES string of the molecule is COc1ccc(OC)c(C(=O)Nc2nc(C(C)(C)C)cs2)c1. The molecule has 118 valence electrons. The minimum Gasteiger partial charge on any atom is -0.497 e. The highest BCUT2D eigenvalue weighted by Crippen LogP contribution is 2.28. The molecule has 1 N–H and O–H groups in total. The summed E-state index contributed by atoms with van der Waals surface area (Å²) in [5.41, 5.74) is 1.31. The number of carbonyl (C=O) groups is 1. The molecule has 0 unspecified atom stereocenters. The number of amides is 1. The number of methoxy groups -OCH3 is 2. The molecule has 0 aliphatic heterocycles. The van der Waals surface area contributed by atoms with Crippen molar-refractivity contribution in [1.82, 2.24) is 4.98 Å². The minimum atomic E-state index is -0.273. The van der Waals surface area contributed by atoms with Crippen molar-refractivity contribution in [3.63, 3.8) is 0 Å². The van der Waals surface area contributed by atoms with Crippen LogP contribution in [0.4, 0.5) is 5.13 Å². The largest absolute Gasteiger partial charge is 0.497 e. The Morgan fingerprint density at radius 1 is 1.23 bits per heavy atom. The Kier molecular flexibility index (Phi) is 4.71. The summed E-state index contributed by atoms with van der Waals surface area (Å²) in [5, 5.41) is 5.34. The van der Waals surface area contributed by atoms with Gasteiger partial charge in [-0.25, -0.2) is 4.98 Å². The van der Waals surface area contributed by atoms with Crippen molar-refractivity contribution in [1.29, 1.82) is 0 Å². The highest BCUT2D eigenvalue weighted by atomic mass is 32.1. The fourth-order valence-corrected chi connectivity index (χ4v) is 2.76. The topological polar surface area (TPSA) is 60.5 Å². The monoisotopic (exact) mass is 320 g/mol. The molecule has 5 nitrogen and oxygen atoms in total. The van der Waals surface area contributed by atoms with Gasteiger partial charge in [-0.1, -0.05) is 20.8 Å². The van der Waals surface area contributed by atoms with E-state index in [9.17, 15) is 4.79 Å². The highest BCUT2D eigenvalue weighted by molar-refractivity contribution is 7.14. The molecule has 22 heavy (non-hydrogen) atoms. The van der Waals surface area contributed by atoms with E-state index in [1.165, 1.54) is 18.4 Å². The van der Waals surface area contributed by atoms with E-state index in [0.717, 1.165) is 5.69 Å². The van der Waals surface area contributed by atoms with E-state index in [1.807, 2.05) is 5.38 Å². The maximum atomic E-state index is 12.4. The minimum absolute atomic E-state index is 0.0485. The summed E-state index contributed by atoms with van der Waals surface area (Å²) in [4.78, 5) is 16.9. The molecule has 1 aromatic carbocycles. The average molecular weight is 320 g/mol. The van der Waals surface area contributed by atoms with Gasteiger partial charge < -0.3 is 9.47 Å². The lowest BCUT2D eigenvalue weighted by Gasteiger charge is -2.14. The number of thiazole rings is 1. The molecule has 0 saturated carbocycles. The Labute approximate surface area is 134 Å². The van der Waals surface area contributed by atoms with E-state index in [4.69, 9.17) is 9.47 Å². The third kappa shape index (κ3) is 3.57. The molecular weight excluding hydrogens is 300 g/mol. The van der Waals surface area contributed by atoms with Crippen LogP contribution < -0.4 is 14.8 Å². The third-order valence-corrected chi connectivity index (χ3v) is 3.90. The Bertz CT molecular complexity index is 674. The van der Waals surface area contributed by atoms with Crippen LogP contribution in [0.2, 0.25) is 0 Å². The molecule has 0 aliphatic carbocycles. The summed E-state index contributed by atoms with van der Waals surface area (Å²) in [5.74, 6) is 0.817. The van der Waals surface area contributed by atoms with Crippen LogP contribution in [0.3, 0.4) is 0 Å². The van der Waals surface area contributed by atoms with E-state index in [-0.39, 0.29) is 11.3 Å². The lowest BCUT2D eigenvalue weighted by molar-refractivity contribution is 0.102. The average Bonchev–Trinajstić information content (AvgIpc) is 2.95. The number of benzene rings is 1. The molecule has 6 heteroatoms. The second kappa shape index (κ2) is 6.36. The predicted octanol–water partition coefficient (Wildman–Crippen LogP) is 3.71. The number of rotatable bonds is 4. The van der Waals surface area contributed by atoms with Crippen molar-refractivity contribution >= 4 is 22.4 Å². The number of nitrogens with one attached hydrogen (secondary N) is 1. The van der Waals surface area contributed by atoms with Crippen LogP contribution in [0.1, 0.15) is 36.8 Å². The van der Waals surface area contributed by atoms with Gasteiger partial charge in [-0.05, 0) is 18.2 Å². The molecule has 2 aromatic rings. The van der Waals surface area contributed by atoms with Crippen molar-refractivity contribution in [2.75, 3.05) is 19.5 Å². The molecule has 0 bridgehead atoms. The van der Waals surface area contributed by atoms with E-state index >= 15 is 0 Å². The van der Waals surface area contributed by atoms with Gasteiger partial charge in [0.1, 0.15) is 11.5 Å². The summed E-state index contributed by atoms with van der Waals surface area (Å²) in [6.07, 6.45) is 0. The fraction of sp³-hybridized carbons (Fsp3) is 0.375. The Morgan fingerprint density at radius 2 is 1.95 bits per heavy atom. The summed E-state index contributed by atoms with van der Waals surface area (Å²) in [6, 6.07) is 5.10. The lowest BCUT2D eigenvalue weighted by Crippen LogP contribution is -2.15. The predicted molar refractivity (Wildman–Crippen MR) is 88.3 cm³/mol. The van der Waals surface area contributed by atoms with Gasteiger partial charge in [0.2, 0.25) is 0 Å². The number of nitrogens with zero attached hydrogens (tertiary/aromatic N) is 1. The fourth-order valence-electron chi connectivity index (χ4n) is 1.83. The number of hydrogen-bond acceptors (Lipinski definition) is 5. The zero-order valence-electron chi connectivity index (χ0n) is 13.4. The molecule has 1 heterocycles. The van der Waals surface area contributed by atoms with Gasteiger partial charge in [-0.3, -0.25) is 10.1 Å². The van der Waals surface area contributed by atoms with Crippen molar-refractivity contribution in [2.45, 2.75) is 26.2 Å². The second-order valence-electron chi connectivity index (χ2n) is 5.81. The van der Waals surface area contributed by atoms with Crippen LogP contribution >= 0.6 is 11.3 Å². The number of ether oxygens (including phenoxy) is 2. The quantitative estimate of drug-likeness (QED) is 0.933. The summed E-state index contributed by atoms with van der Waals surface area (Å²) < 4.78 is 10.4. The smallest absolute Gasteiger partial charge is 0.261 e. The Balaban J connectivity index is 2.24. The summed E-state index contributed by atoms with van der Waals surface area (Å²) >= 11 is 1.41. The van der Waals surface area contributed by atoms with E-state index in [2.05, 4.69) is 31.1 Å². The number of anilines is 1. The molecule has 0 radical (unpaired) electrons. The van der Waals surface area contributed by atoms with Crippen LogP contribution in [0.15, 0.2) is 23.6 Å². The highest BCUT2D eigenvalue weighted by Gasteiger charge is 2.19. The van der Waals surface area contributed by atoms with Gasteiger partial charge in [0.15, 0.2) is 5.13 Å². The first-order valence-corrected chi connectivity index (χ1v) is 7.72. The van der Waals surface area contributed by atoms with Gasteiger partial charge in [0.05, 0.1) is 25.5 Å². The maximum absolute atomic E-state index is 12.4. The standard InChI is InChI=1S/C16H20N2O3S/c1-16(2,3)13-9-22-15(17-13)18-14(19)11-8-10(20-4)6-7-12(11)21-5/h6-9H,1-5H3,(H,17,18,19). The van der Waals surface area contributed by atoms with Gasteiger partial charge in [0, 0.05) is 10.8 Å². The number of carbonyl (C=O) groups excluding carboxylic acids is 1. The van der Waals surface area contributed by atoms with Crippen LogP contribution in [-0.4, -0.2) is 25.1 Å². The molecule has 1 aromatic heterocycles. The van der Waals surface area contributed by atoms with E-state index in [0.29, 0.717) is 22.2 Å². The normalized spacial score (nSPS) is 11.1. The molecule has 1 amide bonds. The first-order chi connectivity index (χ1) is 10.3. The first kappa shape index (κ1) is 16.3. The van der Waals surface area contributed by atoms with Gasteiger partial charge in [-0.2, -0.15) is 0 Å². The maximum Gasteiger partial charge on any atom is 0.261 e. The molecule has 0 aliphatic rings. The summed E-state index contributed by atoms with van der Waals surface area (Å²) in [7, 11) is 3.08. The number of hydrogen-bond donors (Lipinski definition) is 1. The van der Waals surface area contributed by atoms with Crippen molar-refractivity contribution < 1.29 is 14.3 Å². The lowest BCUT2D eigenvalue weighted by atomic mass is 9.93. The molecule has 0 saturated heterocycles. The van der Waals surface area contributed by atoms with Crippen LogP contribution in [-0.2, 0) is 5.41 Å².